The average molecular weight is 267 g/mol. The molecule has 1 aliphatic carbocycles. The van der Waals surface area contributed by atoms with Crippen molar-refractivity contribution in [2.45, 2.75) is 12.8 Å². The van der Waals surface area contributed by atoms with Crippen LogP contribution in [0.1, 0.15) is 18.4 Å². The minimum Gasteiger partial charge on any atom is -0.383 e. The number of amidine groups is 2. The van der Waals surface area contributed by atoms with E-state index in [2.05, 4.69) is 9.98 Å². The van der Waals surface area contributed by atoms with Crippen molar-refractivity contribution in [3.63, 3.8) is 0 Å². The molecule has 5 N–H and O–H groups in total. The second-order valence-electron chi connectivity index (χ2n) is 4.32. The molecule has 5 nitrogen and oxygen atoms in total. The first-order valence-electron chi connectivity index (χ1n) is 6.36. The predicted octanol–water partition coefficient (Wildman–Crippen LogP) is 1.96. The Kier molecular flexibility index (Phi) is 4.44. The fraction of sp³-hybridized carbons (Fsp3) is 0.133. The second kappa shape index (κ2) is 6.47. The van der Waals surface area contributed by atoms with Crippen LogP contribution in [-0.2, 0) is 0 Å². The van der Waals surface area contributed by atoms with Crippen LogP contribution in [0.5, 0.6) is 0 Å². The first-order chi connectivity index (χ1) is 9.66. The molecule has 5 heteroatoms. The Labute approximate surface area is 117 Å². The van der Waals surface area contributed by atoms with Crippen LogP contribution in [0.2, 0.25) is 0 Å². The molecule has 0 unspecified atom stereocenters. The Bertz CT molecular complexity index is 608. The minimum atomic E-state index is -0.288. The van der Waals surface area contributed by atoms with E-state index in [-0.39, 0.29) is 5.96 Å². The van der Waals surface area contributed by atoms with E-state index in [1.807, 2.05) is 48.6 Å². The van der Waals surface area contributed by atoms with Gasteiger partial charge in [-0.25, -0.2) is 4.99 Å². The summed E-state index contributed by atoms with van der Waals surface area (Å²) in [7, 11) is 0. The van der Waals surface area contributed by atoms with Gasteiger partial charge in [0, 0.05) is 11.1 Å². The molecule has 1 aromatic rings. The molecule has 0 saturated carbocycles. The van der Waals surface area contributed by atoms with Crippen LogP contribution in [0.3, 0.4) is 0 Å². The largest absolute Gasteiger partial charge is 0.383 e. The van der Waals surface area contributed by atoms with Gasteiger partial charge < -0.3 is 11.5 Å². The predicted molar refractivity (Wildman–Crippen MR) is 83.0 cm³/mol. The summed E-state index contributed by atoms with van der Waals surface area (Å²) >= 11 is 0. The summed E-state index contributed by atoms with van der Waals surface area (Å²) in [5.74, 6) is 0.435. The van der Waals surface area contributed by atoms with E-state index in [0.717, 1.165) is 24.0 Å². The van der Waals surface area contributed by atoms with E-state index < -0.39 is 0 Å². The standard InChI is InChI=1S/C15H17N5/c16-13(11-7-3-1-4-8-11)19-14(20-15(17)18)12-9-5-2-6-10-12/h1,3-5,7-10H,2,6H2,(H5,16,17,18,19,20). The third-order valence-electron chi connectivity index (χ3n) is 2.78. The molecule has 0 heterocycles. The molecule has 0 radical (unpaired) electrons. The van der Waals surface area contributed by atoms with Crippen LogP contribution in [0.4, 0.5) is 0 Å². The lowest BCUT2D eigenvalue weighted by atomic mass is 10.1. The highest BCUT2D eigenvalue weighted by atomic mass is 15.0. The molecule has 1 aliphatic rings. The molecule has 102 valence electrons. The molecule has 0 bridgehead atoms. The Balaban J connectivity index is 2.36. The van der Waals surface area contributed by atoms with Crippen LogP contribution in [0.25, 0.3) is 0 Å². The molecule has 20 heavy (non-hydrogen) atoms. The van der Waals surface area contributed by atoms with Crippen molar-refractivity contribution in [1.82, 2.24) is 0 Å². The smallest absolute Gasteiger partial charge is 0.214 e. The van der Waals surface area contributed by atoms with E-state index in [1.165, 1.54) is 0 Å². The summed E-state index contributed by atoms with van der Waals surface area (Å²) in [6.45, 7) is 0. The van der Waals surface area contributed by atoms with Crippen LogP contribution in [0.15, 0.2) is 64.1 Å². The number of nitrogens with one attached hydrogen (secondary N) is 1. The third kappa shape index (κ3) is 3.65. The Morgan fingerprint density at radius 2 is 1.80 bits per heavy atom. The second-order valence-corrected chi connectivity index (χ2v) is 4.32. The quantitative estimate of drug-likeness (QED) is 0.563. The van der Waals surface area contributed by atoms with Crippen molar-refractivity contribution in [3.05, 3.63) is 59.7 Å². The number of allylic oxidation sites excluding steroid dienone is 2. The summed E-state index contributed by atoms with van der Waals surface area (Å²) in [6.07, 6.45) is 7.90. The maximum Gasteiger partial charge on any atom is 0.214 e. The summed E-state index contributed by atoms with van der Waals surface area (Å²) in [4.78, 5) is 8.27. The van der Waals surface area contributed by atoms with Gasteiger partial charge in [0.1, 0.15) is 5.84 Å². The summed E-state index contributed by atoms with van der Waals surface area (Å²) in [5.41, 5.74) is 13.0. The molecule has 0 saturated heterocycles. The molecule has 0 amide bonds. The first-order valence-corrected chi connectivity index (χ1v) is 6.36. The number of nitrogens with zero attached hydrogens (tertiary/aromatic N) is 2. The summed E-state index contributed by atoms with van der Waals surface area (Å²) < 4.78 is 0. The van der Waals surface area contributed by atoms with E-state index in [9.17, 15) is 0 Å². The number of hydrogen-bond donors (Lipinski definition) is 3. The normalized spacial score (nSPS) is 15.9. The zero-order chi connectivity index (χ0) is 14.4. The Morgan fingerprint density at radius 1 is 1.05 bits per heavy atom. The topological polar surface area (TPSA) is 101 Å². The van der Waals surface area contributed by atoms with Crippen LogP contribution < -0.4 is 11.5 Å². The van der Waals surface area contributed by atoms with Gasteiger partial charge in [-0.1, -0.05) is 48.6 Å². The van der Waals surface area contributed by atoms with Gasteiger partial charge >= 0.3 is 0 Å². The third-order valence-corrected chi connectivity index (χ3v) is 2.78. The maximum atomic E-state index is 7.32. The highest BCUT2D eigenvalue weighted by Gasteiger charge is 2.08. The molecule has 1 aromatic carbocycles. The number of rotatable bonds is 2. The SMILES string of the molecule is N=C(N)N=C(N=C(N)c1ccccc1)C1=CCCC=C1. The Morgan fingerprint density at radius 3 is 2.40 bits per heavy atom. The van der Waals surface area contributed by atoms with Crippen molar-refractivity contribution in [2.75, 3.05) is 0 Å². The van der Waals surface area contributed by atoms with E-state index in [4.69, 9.17) is 16.9 Å². The van der Waals surface area contributed by atoms with Crippen LogP contribution in [-0.4, -0.2) is 17.6 Å². The molecule has 0 aromatic heterocycles. The molecule has 2 rings (SSSR count). The van der Waals surface area contributed by atoms with Gasteiger partial charge in [0.05, 0.1) is 0 Å². The molecular formula is C15H17N5. The Hall–Kier alpha value is -2.69. The van der Waals surface area contributed by atoms with Crippen molar-refractivity contribution in [2.24, 2.45) is 21.5 Å². The minimum absolute atomic E-state index is 0.288. The van der Waals surface area contributed by atoms with Crippen molar-refractivity contribution < 1.29 is 0 Å². The molecular weight excluding hydrogens is 250 g/mol. The van der Waals surface area contributed by atoms with Gasteiger partial charge in [-0.05, 0) is 12.8 Å². The van der Waals surface area contributed by atoms with Crippen LogP contribution >= 0.6 is 0 Å². The number of guanidine groups is 1. The lowest BCUT2D eigenvalue weighted by Gasteiger charge is -2.08. The number of nitrogens with two attached hydrogens (primary N) is 2. The van der Waals surface area contributed by atoms with E-state index >= 15 is 0 Å². The average Bonchev–Trinajstić information content (AvgIpc) is 2.48. The van der Waals surface area contributed by atoms with Gasteiger partial charge in [0.25, 0.3) is 0 Å². The van der Waals surface area contributed by atoms with Crippen molar-refractivity contribution in [1.29, 1.82) is 5.41 Å². The lowest BCUT2D eigenvalue weighted by molar-refractivity contribution is 1.03. The van der Waals surface area contributed by atoms with Gasteiger partial charge in [-0.3, -0.25) is 5.41 Å². The number of benzene rings is 1. The van der Waals surface area contributed by atoms with Crippen LogP contribution in [0, 0.1) is 5.41 Å². The molecule has 0 spiro atoms. The molecule has 0 aliphatic heterocycles. The summed E-state index contributed by atoms with van der Waals surface area (Å²) in [6, 6.07) is 9.43. The van der Waals surface area contributed by atoms with Crippen molar-refractivity contribution >= 4 is 17.6 Å². The van der Waals surface area contributed by atoms with Gasteiger partial charge in [-0.15, -0.1) is 0 Å². The van der Waals surface area contributed by atoms with Gasteiger partial charge in [0.15, 0.2) is 5.84 Å². The fourth-order valence-electron chi connectivity index (χ4n) is 1.83. The van der Waals surface area contributed by atoms with Gasteiger partial charge in [-0.2, -0.15) is 4.99 Å². The number of hydrogen-bond acceptors (Lipinski definition) is 1. The van der Waals surface area contributed by atoms with Gasteiger partial charge in [0.2, 0.25) is 5.96 Å². The lowest BCUT2D eigenvalue weighted by Crippen LogP contribution is -2.18. The molecule has 0 atom stereocenters. The number of aliphatic imine (C=N–C) groups is 2. The zero-order valence-electron chi connectivity index (χ0n) is 11.1. The van der Waals surface area contributed by atoms with Crippen molar-refractivity contribution in [3.8, 4) is 0 Å². The highest BCUT2D eigenvalue weighted by Crippen LogP contribution is 2.13. The summed E-state index contributed by atoms with van der Waals surface area (Å²) in [5, 5.41) is 7.32. The highest BCUT2D eigenvalue weighted by molar-refractivity contribution is 6.14. The fourth-order valence-corrected chi connectivity index (χ4v) is 1.83. The first kappa shape index (κ1) is 13.7. The van der Waals surface area contributed by atoms with E-state index in [0.29, 0.717) is 11.7 Å². The maximum absolute atomic E-state index is 7.32. The monoisotopic (exact) mass is 267 g/mol. The van der Waals surface area contributed by atoms with E-state index in [1.54, 1.807) is 0 Å². The zero-order valence-corrected chi connectivity index (χ0v) is 11.1. The molecule has 0 fully saturated rings.